The van der Waals surface area contributed by atoms with Gasteiger partial charge in [-0.05, 0) is 30.7 Å². The molecule has 2 aromatic rings. The van der Waals surface area contributed by atoms with Crippen molar-refractivity contribution in [2.24, 2.45) is 7.05 Å². The highest BCUT2D eigenvalue weighted by atomic mass is 79.9. The number of aliphatic carboxylic acids is 1. The van der Waals surface area contributed by atoms with Crippen LogP contribution in [0, 0.1) is 6.92 Å². The van der Waals surface area contributed by atoms with Crippen molar-refractivity contribution in [3.05, 3.63) is 45.7 Å². The lowest BCUT2D eigenvalue weighted by Crippen LogP contribution is -2.00. The van der Waals surface area contributed by atoms with Crippen molar-refractivity contribution in [1.29, 1.82) is 0 Å². The van der Waals surface area contributed by atoms with Gasteiger partial charge in [-0.1, -0.05) is 21.1 Å². The monoisotopic (exact) mass is 351 g/mol. The second kappa shape index (κ2) is 6.53. The average Bonchev–Trinajstić information content (AvgIpc) is 2.80. The van der Waals surface area contributed by atoms with Crippen LogP contribution in [0.2, 0.25) is 0 Å². The summed E-state index contributed by atoms with van der Waals surface area (Å²) in [6.07, 6.45) is 4.35. The lowest BCUT2D eigenvalue weighted by atomic mass is 10.1. The van der Waals surface area contributed by atoms with Gasteiger partial charge < -0.3 is 9.84 Å². The third-order valence-corrected chi connectivity index (χ3v) is 3.15. The third-order valence-electron chi connectivity index (χ3n) is 2.69. The molecule has 21 heavy (non-hydrogen) atoms. The van der Waals surface area contributed by atoms with Crippen molar-refractivity contribution >= 4 is 28.0 Å². The summed E-state index contributed by atoms with van der Waals surface area (Å²) in [7, 11) is 1.78. The molecule has 0 atom stereocenters. The van der Waals surface area contributed by atoms with Gasteiger partial charge in [0.05, 0.1) is 6.20 Å². The standard InChI is InChI=1S/C14H14BrN3O3/c1-9-5-11(15)6-10(3-4-13(19)20)14(9)21-8-12-7-18(2)17-16-12/h3-7H,8H2,1-2H3,(H,19,20)/b4-3+. The summed E-state index contributed by atoms with van der Waals surface area (Å²) in [5.41, 5.74) is 2.29. The average molecular weight is 352 g/mol. The number of hydrogen-bond donors (Lipinski definition) is 1. The highest BCUT2D eigenvalue weighted by Crippen LogP contribution is 2.29. The molecule has 0 bridgehead atoms. The van der Waals surface area contributed by atoms with E-state index in [9.17, 15) is 4.79 Å². The van der Waals surface area contributed by atoms with E-state index in [0.717, 1.165) is 16.1 Å². The molecular weight excluding hydrogens is 338 g/mol. The molecule has 0 spiro atoms. The Morgan fingerprint density at radius 1 is 1.52 bits per heavy atom. The maximum Gasteiger partial charge on any atom is 0.328 e. The fourth-order valence-corrected chi connectivity index (χ4v) is 2.44. The predicted molar refractivity (Wildman–Crippen MR) is 80.9 cm³/mol. The van der Waals surface area contributed by atoms with E-state index in [0.29, 0.717) is 17.0 Å². The molecule has 0 aliphatic carbocycles. The number of carboxylic acid groups (broad SMARTS) is 1. The lowest BCUT2D eigenvalue weighted by molar-refractivity contribution is -0.131. The van der Waals surface area contributed by atoms with E-state index < -0.39 is 5.97 Å². The molecule has 0 radical (unpaired) electrons. The maximum atomic E-state index is 10.7. The molecular formula is C14H14BrN3O3. The van der Waals surface area contributed by atoms with E-state index in [2.05, 4.69) is 26.2 Å². The highest BCUT2D eigenvalue weighted by Gasteiger charge is 2.09. The van der Waals surface area contributed by atoms with Crippen molar-refractivity contribution in [1.82, 2.24) is 15.0 Å². The molecule has 2 rings (SSSR count). The van der Waals surface area contributed by atoms with E-state index in [-0.39, 0.29) is 6.61 Å². The molecule has 1 aromatic carbocycles. The molecule has 0 fully saturated rings. The fraction of sp³-hybridized carbons (Fsp3) is 0.214. The Bertz CT molecular complexity index is 695. The molecule has 0 unspecified atom stereocenters. The molecule has 0 aliphatic rings. The van der Waals surface area contributed by atoms with Crippen molar-refractivity contribution < 1.29 is 14.6 Å². The van der Waals surface area contributed by atoms with E-state index in [1.807, 2.05) is 13.0 Å². The first kappa shape index (κ1) is 15.2. The van der Waals surface area contributed by atoms with E-state index in [1.54, 1.807) is 24.0 Å². The summed E-state index contributed by atoms with van der Waals surface area (Å²) < 4.78 is 8.23. The number of aryl methyl sites for hydroxylation is 2. The molecule has 1 N–H and O–H groups in total. The number of rotatable bonds is 5. The van der Waals surface area contributed by atoms with Crippen LogP contribution >= 0.6 is 15.9 Å². The maximum absolute atomic E-state index is 10.7. The van der Waals surface area contributed by atoms with Crippen molar-refractivity contribution in [3.8, 4) is 5.75 Å². The van der Waals surface area contributed by atoms with Crippen LogP contribution in [0.4, 0.5) is 0 Å². The van der Waals surface area contributed by atoms with Crippen LogP contribution in [0.1, 0.15) is 16.8 Å². The van der Waals surface area contributed by atoms with Crippen LogP contribution in [0.15, 0.2) is 28.9 Å². The normalized spacial score (nSPS) is 11.0. The van der Waals surface area contributed by atoms with Gasteiger partial charge in [-0.2, -0.15) is 0 Å². The summed E-state index contributed by atoms with van der Waals surface area (Å²) in [5, 5.41) is 16.5. The van der Waals surface area contributed by atoms with Crippen molar-refractivity contribution in [3.63, 3.8) is 0 Å². The zero-order valence-electron chi connectivity index (χ0n) is 11.6. The zero-order valence-corrected chi connectivity index (χ0v) is 13.2. The van der Waals surface area contributed by atoms with E-state index >= 15 is 0 Å². The third kappa shape index (κ3) is 4.16. The second-order valence-corrected chi connectivity index (χ2v) is 5.40. The summed E-state index contributed by atoms with van der Waals surface area (Å²) in [5.74, 6) is -0.381. The minimum atomic E-state index is -1.01. The number of carbonyl (C=O) groups is 1. The van der Waals surface area contributed by atoms with Crippen LogP contribution in [0.25, 0.3) is 6.08 Å². The van der Waals surface area contributed by atoms with Crippen LogP contribution in [0.3, 0.4) is 0 Å². The number of hydrogen-bond acceptors (Lipinski definition) is 4. The summed E-state index contributed by atoms with van der Waals surface area (Å²) in [6, 6.07) is 3.71. The van der Waals surface area contributed by atoms with Crippen molar-refractivity contribution in [2.45, 2.75) is 13.5 Å². The molecule has 0 amide bonds. The number of aromatic nitrogens is 3. The van der Waals surface area contributed by atoms with E-state index in [1.165, 1.54) is 6.08 Å². The van der Waals surface area contributed by atoms with Crippen LogP contribution in [-0.2, 0) is 18.4 Å². The zero-order chi connectivity index (χ0) is 15.4. The van der Waals surface area contributed by atoms with Crippen LogP contribution in [0.5, 0.6) is 5.75 Å². The molecule has 110 valence electrons. The first-order valence-corrected chi connectivity index (χ1v) is 6.94. The van der Waals surface area contributed by atoms with Crippen molar-refractivity contribution in [2.75, 3.05) is 0 Å². The van der Waals surface area contributed by atoms with Gasteiger partial charge in [0.15, 0.2) is 0 Å². The van der Waals surface area contributed by atoms with Gasteiger partial charge in [0.1, 0.15) is 18.1 Å². The molecule has 0 aliphatic heterocycles. The Kier molecular flexibility index (Phi) is 4.74. The summed E-state index contributed by atoms with van der Waals surface area (Å²) in [6.45, 7) is 2.17. The fourth-order valence-electron chi connectivity index (χ4n) is 1.85. The molecule has 1 heterocycles. The molecule has 0 saturated carbocycles. The minimum absolute atomic E-state index is 0.268. The SMILES string of the molecule is Cc1cc(Br)cc(/C=C/C(=O)O)c1OCc1cn(C)nn1. The van der Waals surface area contributed by atoms with Gasteiger partial charge in [-0.25, -0.2) is 4.79 Å². The molecule has 1 aromatic heterocycles. The van der Waals surface area contributed by atoms with Gasteiger partial charge in [0, 0.05) is 23.2 Å². The van der Waals surface area contributed by atoms with E-state index in [4.69, 9.17) is 9.84 Å². The number of halogens is 1. The topological polar surface area (TPSA) is 77.2 Å². The number of ether oxygens (including phenoxy) is 1. The molecule has 6 nitrogen and oxygen atoms in total. The summed E-state index contributed by atoms with van der Waals surface area (Å²) in [4.78, 5) is 10.7. The highest BCUT2D eigenvalue weighted by molar-refractivity contribution is 9.10. The van der Waals surface area contributed by atoms with Crippen LogP contribution in [-0.4, -0.2) is 26.1 Å². The Morgan fingerprint density at radius 2 is 2.29 bits per heavy atom. The van der Waals surface area contributed by atoms with Gasteiger partial charge in [-0.15, -0.1) is 5.10 Å². The Balaban J connectivity index is 2.26. The summed E-state index contributed by atoms with van der Waals surface area (Å²) >= 11 is 3.39. The molecule has 0 saturated heterocycles. The number of carboxylic acids is 1. The molecule has 7 heteroatoms. The lowest BCUT2D eigenvalue weighted by Gasteiger charge is -2.12. The quantitative estimate of drug-likeness (QED) is 0.837. The first-order chi connectivity index (χ1) is 9.95. The Hall–Kier alpha value is -2.15. The smallest absolute Gasteiger partial charge is 0.328 e. The largest absolute Gasteiger partial charge is 0.486 e. The van der Waals surface area contributed by atoms with Crippen LogP contribution < -0.4 is 4.74 Å². The second-order valence-electron chi connectivity index (χ2n) is 4.48. The Morgan fingerprint density at radius 3 is 2.90 bits per heavy atom. The Labute approximate surface area is 130 Å². The van der Waals surface area contributed by atoms with Gasteiger partial charge >= 0.3 is 5.97 Å². The number of benzene rings is 1. The van der Waals surface area contributed by atoms with Gasteiger partial charge in [-0.3, -0.25) is 4.68 Å². The minimum Gasteiger partial charge on any atom is -0.486 e. The first-order valence-electron chi connectivity index (χ1n) is 6.15. The number of nitrogens with zero attached hydrogens (tertiary/aromatic N) is 3. The predicted octanol–water partition coefficient (Wildman–Crippen LogP) is 2.56. The van der Waals surface area contributed by atoms with Gasteiger partial charge in [0.2, 0.25) is 0 Å². The van der Waals surface area contributed by atoms with Gasteiger partial charge in [0.25, 0.3) is 0 Å².